The molecule has 0 fully saturated rings. The number of aromatic nitrogens is 1. The van der Waals surface area contributed by atoms with Crippen molar-refractivity contribution >= 4 is 27.6 Å². The van der Waals surface area contributed by atoms with Crippen molar-refractivity contribution in [3.63, 3.8) is 0 Å². The Balaban J connectivity index is 2.21. The van der Waals surface area contributed by atoms with Gasteiger partial charge in [0.15, 0.2) is 5.82 Å². The Morgan fingerprint density at radius 3 is 2.85 bits per heavy atom. The minimum atomic E-state index is -1.18. The molecule has 0 saturated heterocycles. The van der Waals surface area contributed by atoms with Crippen LogP contribution >= 0.6 is 15.9 Å². The smallest absolute Gasteiger partial charge is 0.336 e. The second-order valence-corrected chi connectivity index (χ2v) is 5.01. The summed E-state index contributed by atoms with van der Waals surface area (Å²) in [5.41, 5.74) is 1.93. The van der Waals surface area contributed by atoms with Crippen molar-refractivity contribution in [2.75, 3.05) is 5.32 Å². The lowest BCUT2D eigenvalue weighted by atomic mass is 10.2. The van der Waals surface area contributed by atoms with Crippen molar-refractivity contribution in [1.82, 2.24) is 4.98 Å². The van der Waals surface area contributed by atoms with Crippen LogP contribution < -0.4 is 5.32 Å². The highest BCUT2D eigenvalue weighted by Crippen LogP contribution is 2.27. The van der Waals surface area contributed by atoms with E-state index in [1.165, 1.54) is 12.1 Å². The SMILES string of the molecule is Cc1cccnc1CNc1ccc(C(=O)O)c(Br)c1F. The number of carboxylic acids is 1. The number of hydrogen-bond donors (Lipinski definition) is 2. The molecule has 0 aliphatic rings. The Labute approximate surface area is 123 Å². The van der Waals surface area contributed by atoms with Gasteiger partial charge >= 0.3 is 5.97 Å². The van der Waals surface area contributed by atoms with E-state index in [9.17, 15) is 9.18 Å². The summed E-state index contributed by atoms with van der Waals surface area (Å²) in [5, 5.41) is 11.8. The zero-order valence-corrected chi connectivity index (χ0v) is 12.2. The van der Waals surface area contributed by atoms with E-state index in [2.05, 4.69) is 26.2 Å². The number of pyridine rings is 1. The summed E-state index contributed by atoms with van der Waals surface area (Å²) in [6.07, 6.45) is 1.67. The van der Waals surface area contributed by atoms with Crippen LogP contribution in [0.4, 0.5) is 10.1 Å². The Morgan fingerprint density at radius 1 is 1.45 bits per heavy atom. The first-order valence-electron chi connectivity index (χ1n) is 5.86. The van der Waals surface area contributed by atoms with Crippen molar-refractivity contribution < 1.29 is 14.3 Å². The van der Waals surface area contributed by atoms with Gasteiger partial charge in [0.25, 0.3) is 0 Å². The summed E-state index contributed by atoms with van der Waals surface area (Å²) in [5.74, 6) is -1.80. The first-order chi connectivity index (χ1) is 9.50. The zero-order chi connectivity index (χ0) is 14.7. The molecule has 0 unspecified atom stereocenters. The Hall–Kier alpha value is -1.95. The van der Waals surface area contributed by atoms with Crippen LogP contribution in [0.5, 0.6) is 0 Å². The minimum absolute atomic E-state index is 0.0623. The summed E-state index contributed by atoms with van der Waals surface area (Å²) in [4.78, 5) is 15.1. The molecule has 2 aromatic rings. The Kier molecular flexibility index (Phi) is 4.34. The number of nitrogens with zero attached hydrogens (tertiary/aromatic N) is 1. The maximum atomic E-state index is 14.0. The highest BCUT2D eigenvalue weighted by atomic mass is 79.9. The molecule has 4 nitrogen and oxygen atoms in total. The fourth-order valence-electron chi connectivity index (χ4n) is 1.73. The molecule has 0 bridgehead atoms. The van der Waals surface area contributed by atoms with Crippen LogP contribution in [0, 0.1) is 12.7 Å². The first-order valence-corrected chi connectivity index (χ1v) is 6.65. The maximum absolute atomic E-state index is 14.0. The molecular weight excluding hydrogens is 327 g/mol. The van der Waals surface area contributed by atoms with Crippen molar-refractivity contribution in [2.45, 2.75) is 13.5 Å². The van der Waals surface area contributed by atoms with Gasteiger partial charge in [-0.25, -0.2) is 9.18 Å². The van der Waals surface area contributed by atoms with E-state index in [0.717, 1.165) is 11.3 Å². The van der Waals surface area contributed by atoms with Gasteiger partial charge in [0.05, 0.1) is 28.0 Å². The van der Waals surface area contributed by atoms with Crippen LogP contribution in [0.25, 0.3) is 0 Å². The monoisotopic (exact) mass is 338 g/mol. The number of halogens is 2. The second-order valence-electron chi connectivity index (χ2n) is 4.21. The summed E-state index contributed by atoms with van der Waals surface area (Å²) in [6, 6.07) is 6.51. The van der Waals surface area contributed by atoms with E-state index in [-0.39, 0.29) is 15.7 Å². The molecule has 0 atom stereocenters. The van der Waals surface area contributed by atoms with Gasteiger partial charge in [0, 0.05) is 6.20 Å². The normalized spacial score (nSPS) is 10.3. The van der Waals surface area contributed by atoms with Crippen LogP contribution in [0.3, 0.4) is 0 Å². The predicted molar refractivity (Wildman–Crippen MR) is 77.4 cm³/mol. The first kappa shape index (κ1) is 14.5. The van der Waals surface area contributed by atoms with Gasteiger partial charge in [-0.1, -0.05) is 6.07 Å². The molecule has 1 aromatic heterocycles. The number of carbonyl (C=O) groups is 1. The second kappa shape index (κ2) is 6.00. The third kappa shape index (κ3) is 2.96. The predicted octanol–water partition coefficient (Wildman–Crippen LogP) is 3.60. The lowest BCUT2D eigenvalue weighted by Crippen LogP contribution is -2.07. The van der Waals surface area contributed by atoms with E-state index in [1.807, 2.05) is 19.1 Å². The molecule has 104 valence electrons. The number of hydrogen-bond acceptors (Lipinski definition) is 3. The average molecular weight is 339 g/mol. The number of benzene rings is 1. The van der Waals surface area contributed by atoms with Crippen LogP contribution in [0.1, 0.15) is 21.6 Å². The molecule has 1 heterocycles. The van der Waals surface area contributed by atoms with Gasteiger partial charge in [-0.2, -0.15) is 0 Å². The molecule has 2 N–H and O–H groups in total. The van der Waals surface area contributed by atoms with Gasteiger partial charge in [-0.3, -0.25) is 4.98 Å². The van der Waals surface area contributed by atoms with Crippen LogP contribution in [0.2, 0.25) is 0 Å². The van der Waals surface area contributed by atoms with Crippen LogP contribution in [0.15, 0.2) is 34.9 Å². The molecule has 0 amide bonds. The number of anilines is 1. The van der Waals surface area contributed by atoms with E-state index in [1.54, 1.807) is 6.20 Å². The summed E-state index contributed by atoms with van der Waals surface area (Å²) < 4.78 is 14.0. The van der Waals surface area contributed by atoms with Crippen molar-refractivity contribution in [3.05, 3.63) is 57.6 Å². The molecule has 1 aromatic carbocycles. The molecule has 20 heavy (non-hydrogen) atoms. The lowest BCUT2D eigenvalue weighted by molar-refractivity contribution is 0.0695. The van der Waals surface area contributed by atoms with Gasteiger partial charge in [0.2, 0.25) is 0 Å². The van der Waals surface area contributed by atoms with Crippen LogP contribution in [-0.2, 0) is 6.54 Å². The number of aromatic carboxylic acids is 1. The molecule has 0 spiro atoms. The fraction of sp³-hybridized carbons (Fsp3) is 0.143. The Bertz CT molecular complexity index is 662. The average Bonchev–Trinajstić information content (AvgIpc) is 2.41. The number of nitrogens with one attached hydrogen (secondary N) is 1. The largest absolute Gasteiger partial charge is 0.478 e. The number of aryl methyl sites for hydroxylation is 1. The molecule has 0 aliphatic heterocycles. The maximum Gasteiger partial charge on any atom is 0.336 e. The summed E-state index contributed by atoms with van der Waals surface area (Å²) in [7, 11) is 0. The zero-order valence-electron chi connectivity index (χ0n) is 10.7. The van der Waals surface area contributed by atoms with Crippen molar-refractivity contribution in [3.8, 4) is 0 Å². The molecule has 0 saturated carbocycles. The van der Waals surface area contributed by atoms with E-state index in [4.69, 9.17) is 5.11 Å². The van der Waals surface area contributed by atoms with Gasteiger partial charge in [-0.15, -0.1) is 0 Å². The molecule has 2 rings (SSSR count). The highest BCUT2D eigenvalue weighted by molar-refractivity contribution is 9.10. The molecule has 0 radical (unpaired) electrons. The topological polar surface area (TPSA) is 62.2 Å². The number of rotatable bonds is 4. The standard InChI is InChI=1S/C14H12BrFN2O2/c1-8-3-2-6-17-11(8)7-18-10-5-4-9(14(19)20)12(15)13(10)16/h2-6,18H,7H2,1H3,(H,19,20). The summed E-state index contributed by atoms with van der Waals surface area (Å²) >= 11 is 2.96. The van der Waals surface area contributed by atoms with Gasteiger partial charge in [-0.05, 0) is 46.6 Å². The number of carboxylic acid groups (broad SMARTS) is 1. The van der Waals surface area contributed by atoms with Crippen molar-refractivity contribution in [1.29, 1.82) is 0 Å². The van der Waals surface area contributed by atoms with E-state index < -0.39 is 11.8 Å². The lowest BCUT2D eigenvalue weighted by Gasteiger charge is -2.11. The van der Waals surface area contributed by atoms with Crippen molar-refractivity contribution in [2.24, 2.45) is 0 Å². The van der Waals surface area contributed by atoms with Gasteiger partial charge < -0.3 is 10.4 Å². The van der Waals surface area contributed by atoms with E-state index >= 15 is 0 Å². The third-order valence-corrected chi connectivity index (χ3v) is 3.65. The molecule has 6 heteroatoms. The molecular formula is C14H12BrFN2O2. The Morgan fingerprint density at radius 2 is 2.20 bits per heavy atom. The summed E-state index contributed by atoms with van der Waals surface area (Å²) in [6.45, 7) is 2.28. The minimum Gasteiger partial charge on any atom is -0.478 e. The third-order valence-electron chi connectivity index (χ3n) is 2.88. The fourth-order valence-corrected chi connectivity index (χ4v) is 2.25. The molecule has 0 aliphatic carbocycles. The highest BCUT2D eigenvalue weighted by Gasteiger charge is 2.15. The quantitative estimate of drug-likeness (QED) is 0.893. The van der Waals surface area contributed by atoms with E-state index in [0.29, 0.717) is 6.54 Å². The van der Waals surface area contributed by atoms with Gasteiger partial charge in [0.1, 0.15) is 0 Å². The van der Waals surface area contributed by atoms with Crippen LogP contribution in [-0.4, -0.2) is 16.1 Å².